The van der Waals surface area contributed by atoms with Crippen LogP contribution >= 0.6 is 12.4 Å². The van der Waals surface area contributed by atoms with Gasteiger partial charge in [-0.25, -0.2) is 13.6 Å². The Kier molecular flexibility index (Phi) is 3.97. The van der Waals surface area contributed by atoms with Crippen LogP contribution in [0.5, 0.6) is 0 Å². The van der Waals surface area contributed by atoms with Crippen LogP contribution in [0.3, 0.4) is 0 Å². The van der Waals surface area contributed by atoms with Crippen molar-refractivity contribution in [3.8, 4) is 0 Å². The smallest absolute Gasteiger partial charge is 0.341 e. The third kappa shape index (κ3) is 2.38. The van der Waals surface area contributed by atoms with E-state index >= 15 is 0 Å². The summed E-state index contributed by atoms with van der Waals surface area (Å²) in [7, 11) is 0. The number of benzene rings is 1. The molecule has 1 aromatic carbocycles. The van der Waals surface area contributed by atoms with E-state index in [2.05, 4.69) is 5.32 Å². The molecule has 5 nitrogen and oxygen atoms in total. The lowest BCUT2D eigenvalue weighted by molar-refractivity contribution is 0.0694. The lowest BCUT2D eigenvalue weighted by atomic mass is 10.1. The molecule has 2 heterocycles. The first-order valence-corrected chi connectivity index (χ1v) is 5.97. The molecule has 1 fully saturated rings. The first-order valence-electron chi connectivity index (χ1n) is 5.97. The van der Waals surface area contributed by atoms with E-state index in [1.165, 1.54) is 10.8 Å². The van der Waals surface area contributed by atoms with E-state index in [1.54, 1.807) is 0 Å². The molecule has 0 amide bonds. The molecular formula is C13H11ClF2N2O3. The van der Waals surface area contributed by atoms with Crippen LogP contribution in [0.25, 0.3) is 10.9 Å². The fraction of sp³-hybridized carbons (Fsp3) is 0.231. The average Bonchev–Trinajstić information content (AvgIpc) is 2.32. The molecular weight excluding hydrogens is 306 g/mol. The molecule has 0 spiro atoms. The number of rotatable bonds is 2. The second-order valence-electron chi connectivity index (χ2n) is 4.68. The molecule has 0 aliphatic carbocycles. The van der Waals surface area contributed by atoms with Crippen LogP contribution in [0.1, 0.15) is 16.4 Å². The lowest BCUT2D eigenvalue weighted by Gasteiger charge is -2.31. The maximum atomic E-state index is 13.4. The van der Waals surface area contributed by atoms with Crippen LogP contribution < -0.4 is 10.7 Å². The zero-order chi connectivity index (χ0) is 14.4. The minimum atomic E-state index is -1.39. The van der Waals surface area contributed by atoms with E-state index < -0.39 is 28.6 Å². The van der Waals surface area contributed by atoms with Gasteiger partial charge in [0.05, 0.1) is 11.6 Å². The molecule has 3 rings (SSSR count). The number of hydrogen-bond acceptors (Lipinski definition) is 3. The monoisotopic (exact) mass is 316 g/mol. The van der Waals surface area contributed by atoms with Crippen LogP contribution in [-0.4, -0.2) is 28.7 Å². The second-order valence-corrected chi connectivity index (χ2v) is 4.68. The van der Waals surface area contributed by atoms with Gasteiger partial charge in [-0.15, -0.1) is 12.4 Å². The summed E-state index contributed by atoms with van der Waals surface area (Å²) in [6.45, 7) is 1.16. The molecule has 21 heavy (non-hydrogen) atoms. The van der Waals surface area contributed by atoms with Gasteiger partial charge in [0.2, 0.25) is 5.43 Å². The highest BCUT2D eigenvalue weighted by Crippen LogP contribution is 2.22. The third-order valence-electron chi connectivity index (χ3n) is 3.46. The van der Waals surface area contributed by atoms with Gasteiger partial charge in [0.1, 0.15) is 5.56 Å². The van der Waals surface area contributed by atoms with Crippen molar-refractivity contribution in [2.45, 2.75) is 6.04 Å². The van der Waals surface area contributed by atoms with Gasteiger partial charge >= 0.3 is 5.97 Å². The van der Waals surface area contributed by atoms with E-state index in [-0.39, 0.29) is 29.4 Å². The Hall–Kier alpha value is -1.99. The normalized spacial score (nSPS) is 14.6. The van der Waals surface area contributed by atoms with Gasteiger partial charge in [0, 0.05) is 30.7 Å². The summed E-state index contributed by atoms with van der Waals surface area (Å²) in [6.07, 6.45) is 1.19. The maximum absolute atomic E-state index is 13.4. The number of nitrogens with one attached hydrogen (secondary N) is 1. The van der Waals surface area contributed by atoms with Crippen molar-refractivity contribution in [1.29, 1.82) is 0 Å². The Morgan fingerprint density at radius 2 is 1.90 bits per heavy atom. The average molecular weight is 317 g/mol. The zero-order valence-electron chi connectivity index (χ0n) is 10.6. The van der Waals surface area contributed by atoms with Gasteiger partial charge in [-0.05, 0) is 6.07 Å². The van der Waals surface area contributed by atoms with Crippen molar-refractivity contribution in [3.63, 3.8) is 0 Å². The summed E-state index contributed by atoms with van der Waals surface area (Å²) in [5.74, 6) is -3.63. The van der Waals surface area contributed by atoms with E-state index in [4.69, 9.17) is 5.11 Å². The zero-order valence-corrected chi connectivity index (χ0v) is 11.4. The molecule has 0 radical (unpaired) electrons. The Morgan fingerprint density at radius 1 is 1.29 bits per heavy atom. The number of halogens is 3. The molecule has 2 N–H and O–H groups in total. The molecule has 1 saturated heterocycles. The summed E-state index contributed by atoms with van der Waals surface area (Å²) in [5, 5.41) is 11.9. The number of hydrogen-bond donors (Lipinski definition) is 2. The quantitative estimate of drug-likeness (QED) is 0.882. The number of fused-ring (bicyclic) bond motifs is 1. The number of carboxylic acids is 1. The fourth-order valence-electron chi connectivity index (χ4n) is 2.27. The molecule has 2 aromatic rings. The van der Waals surface area contributed by atoms with Gasteiger partial charge in [-0.1, -0.05) is 0 Å². The van der Waals surface area contributed by atoms with Crippen LogP contribution in [0.4, 0.5) is 8.78 Å². The van der Waals surface area contributed by atoms with Crippen molar-refractivity contribution in [2.24, 2.45) is 0 Å². The lowest BCUT2D eigenvalue weighted by Crippen LogP contribution is -2.44. The fourth-order valence-corrected chi connectivity index (χ4v) is 2.27. The predicted molar refractivity (Wildman–Crippen MR) is 74.2 cm³/mol. The van der Waals surface area contributed by atoms with Crippen molar-refractivity contribution < 1.29 is 18.7 Å². The highest BCUT2D eigenvalue weighted by atomic mass is 35.5. The topological polar surface area (TPSA) is 71.3 Å². The summed E-state index contributed by atoms with van der Waals surface area (Å²) >= 11 is 0. The highest BCUT2D eigenvalue weighted by molar-refractivity contribution is 5.92. The standard InChI is InChI=1S/C13H10F2N2O3.ClH/c14-9-1-7-11(2-10(9)15)17(6-3-16-4-6)5-8(12(7)18)13(19)20;/h1-2,5-6,16H,3-4H2,(H,19,20);1H. The Balaban J connectivity index is 0.00000161. The molecule has 0 bridgehead atoms. The first-order chi connectivity index (χ1) is 9.49. The highest BCUT2D eigenvalue weighted by Gasteiger charge is 2.24. The number of aromatic carboxylic acids is 1. The second kappa shape index (κ2) is 5.42. The Labute approximate surface area is 123 Å². The summed E-state index contributed by atoms with van der Waals surface area (Å²) in [5.41, 5.74) is -1.06. The van der Waals surface area contributed by atoms with E-state index in [0.717, 1.165) is 12.1 Å². The molecule has 0 unspecified atom stereocenters. The third-order valence-corrected chi connectivity index (χ3v) is 3.46. The predicted octanol–water partition coefficient (Wildman–Crippen LogP) is 1.54. The largest absolute Gasteiger partial charge is 0.477 e. The number of aromatic nitrogens is 1. The molecule has 112 valence electrons. The van der Waals surface area contributed by atoms with Crippen LogP contribution in [0.2, 0.25) is 0 Å². The van der Waals surface area contributed by atoms with E-state index in [0.29, 0.717) is 13.1 Å². The van der Waals surface area contributed by atoms with Gasteiger partial charge in [-0.3, -0.25) is 4.79 Å². The number of pyridine rings is 1. The van der Waals surface area contributed by atoms with Crippen LogP contribution in [0.15, 0.2) is 23.1 Å². The number of nitrogens with zero attached hydrogens (tertiary/aromatic N) is 1. The number of carboxylic acid groups (broad SMARTS) is 1. The van der Waals surface area contributed by atoms with Crippen molar-refractivity contribution in [3.05, 3.63) is 45.8 Å². The summed E-state index contributed by atoms with van der Waals surface area (Å²) in [4.78, 5) is 23.1. The maximum Gasteiger partial charge on any atom is 0.341 e. The summed E-state index contributed by atoms with van der Waals surface area (Å²) in [6, 6.07) is 1.60. The minimum absolute atomic E-state index is 0. The van der Waals surface area contributed by atoms with Gasteiger partial charge < -0.3 is 15.0 Å². The van der Waals surface area contributed by atoms with E-state index in [9.17, 15) is 18.4 Å². The SMILES string of the molecule is Cl.O=C(O)c1cn(C2CNC2)c2cc(F)c(F)cc2c1=O. The molecule has 8 heteroatoms. The van der Waals surface area contributed by atoms with Crippen molar-refractivity contribution in [2.75, 3.05) is 13.1 Å². The van der Waals surface area contributed by atoms with Gasteiger partial charge in [-0.2, -0.15) is 0 Å². The molecule has 0 saturated carbocycles. The van der Waals surface area contributed by atoms with Crippen LogP contribution in [0, 0.1) is 11.6 Å². The molecule has 1 aliphatic heterocycles. The molecule has 1 aromatic heterocycles. The van der Waals surface area contributed by atoms with Crippen molar-refractivity contribution >= 4 is 29.3 Å². The summed E-state index contributed by atoms with van der Waals surface area (Å²) < 4.78 is 28.2. The number of carbonyl (C=O) groups is 1. The Bertz CT molecular complexity index is 787. The van der Waals surface area contributed by atoms with E-state index in [1.807, 2.05) is 0 Å². The van der Waals surface area contributed by atoms with Gasteiger partial charge in [0.15, 0.2) is 11.6 Å². The molecule has 0 atom stereocenters. The Morgan fingerprint density at radius 3 is 2.43 bits per heavy atom. The first kappa shape index (κ1) is 15.4. The minimum Gasteiger partial charge on any atom is -0.477 e. The molecule has 1 aliphatic rings. The van der Waals surface area contributed by atoms with Crippen LogP contribution in [-0.2, 0) is 0 Å². The van der Waals surface area contributed by atoms with Gasteiger partial charge in [0.25, 0.3) is 0 Å². The van der Waals surface area contributed by atoms with Crippen molar-refractivity contribution in [1.82, 2.24) is 9.88 Å².